The highest BCUT2D eigenvalue weighted by Gasteiger charge is 2.40. The zero-order chi connectivity index (χ0) is 14.6. The van der Waals surface area contributed by atoms with Gasteiger partial charge in [-0.15, -0.1) is 0 Å². The fraction of sp³-hybridized carbons (Fsp3) is 0.818. The normalized spacial score (nSPS) is 13.7. The molecule has 0 aromatic rings. The molecule has 0 bridgehead atoms. The van der Waals surface area contributed by atoms with Crippen molar-refractivity contribution in [2.75, 3.05) is 7.11 Å². The van der Waals surface area contributed by atoms with Crippen LogP contribution in [0.1, 0.15) is 34.1 Å². The van der Waals surface area contributed by atoms with E-state index in [1.165, 1.54) is 0 Å². The van der Waals surface area contributed by atoms with Gasteiger partial charge in [-0.05, 0) is 27.7 Å². The van der Waals surface area contributed by atoms with Gasteiger partial charge in [0.2, 0.25) is 0 Å². The summed E-state index contributed by atoms with van der Waals surface area (Å²) >= 11 is 0. The number of halogens is 2. The molecule has 0 aliphatic carbocycles. The van der Waals surface area contributed by atoms with Gasteiger partial charge in [0.1, 0.15) is 12.0 Å². The van der Waals surface area contributed by atoms with Crippen molar-refractivity contribution in [1.82, 2.24) is 5.32 Å². The number of alkyl carbamates (subject to hydrolysis) is 1. The van der Waals surface area contributed by atoms with Crippen molar-refractivity contribution in [1.29, 1.82) is 0 Å². The first-order chi connectivity index (χ1) is 7.98. The van der Waals surface area contributed by atoms with Crippen LogP contribution >= 0.6 is 0 Å². The van der Waals surface area contributed by atoms with Gasteiger partial charge in [-0.3, -0.25) is 4.79 Å². The van der Waals surface area contributed by atoms with E-state index in [0.29, 0.717) is 0 Å². The Morgan fingerprint density at radius 1 is 1.28 bits per heavy atom. The van der Waals surface area contributed by atoms with Crippen LogP contribution in [0.25, 0.3) is 0 Å². The van der Waals surface area contributed by atoms with Gasteiger partial charge in [0, 0.05) is 0 Å². The molecule has 0 spiro atoms. The molecule has 0 heterocycles. The SMILES string of the molecule is COC(=O)CC(F)(F)[C@H](C)NC(=O)OC(C)(C)C. The maximum atomic E-state index is 13.5. The Bertz CT molecular complexity index is 313. The van der Waals surface area contributed by atoms with Gasteiger partial charge in [0.25, 0.3) is 5.92 Å². The molecule has 0 rings (SSSR count). The fourth-order valence-electron chi connectivity index (χ4n) is 1.01. The molecule has 18 heavy (non-hydrogen) atoms. The van der Waals surface area contributed by atoms with Crippen LogP contribution in [0.4, 0.5) is 13.6 Å². The van der Waals surface area contributed by atoms with E-state index < -0.39 is 36.0 Å². The van der Waals surface area contributed by atoms with Crippen LogP contribution in [0.2, 0.25) is 0 Å². The Labute approximate surface area is 105 Å². The minimum Gasteiger partial charge on any atom is -0.469 e. The van der Waals surface area contributed by atoms with Gasteiger partial charge in [-0.1, -0.05) is 0 Å². The van der Waals surface area contributed by atoms with Gasteiger partial charge in [0.05, 0.1) is 13.2 Å². The second kappa shape index (κ2) is 5.97. The standard InChI is InChI=1S/C11H19F2NO4/c1-7(11(12,13)6-8(15)17-5)14-9(16)18-10(2,3)4/h7H,6H2,1-5H3,(H,14,16)/t7-/m0/s1. The molecule has 0 saturated heterocycles. The second-order valence-corrected chi connectivity index (χ2v) is 4.88. The van der Waals surface area contributed by atoms with E-state index in [-0.39, 0.29) is 0 Å². The summed E-state index contributed by atoms with van der Waals surface area (Å²) in [6.45, 7) is 5.93. The number of amides is 1. The summed E-state index contributed by atoms with van der Waals surface area (Å²) in [4.78, 5) is 22.1. The molecule has 106 valence electrons. The Balaban J connectivity index is 4.42. The van der Waals surface area contributed by atoms with Gasteiger partial charge < -0.3 is 14.8 Å². The largest absolute Gasteiger partial charge is 0.469 e. The number of rotatable bonds is 4. The first-order valence-electron chi connectivity index (χ1n) is 5.42. The Kier molecular flexibility index (Phi) is 5.51. The van der Waals surface area contributed by atoms with Crippen LogP contribution in [0.3, 0.4) is 0 Å². The van der Waals surface area contributed by atoms with Crippen molar-refractivity contribution < 1.29 is 27.8 Å². The van der Waals surface area contributed by atoms with Gasteiger partial charge in [-0.2, -0.15) is 0 Å². The number of ether oxygens (including phenoxy) is 2. The monoisotopic (exact) mass is 267 g/mol. The third-order valence-electron chi connectivity index (χ3n) is 1.97. The summed E-state index contributed by atoms with van der Waals surface area (Å²) < 4.78 is 35.9. The highest BCUT2D eigenvalue weighted by atomic mass is 19.3. The van der Waals surface area contributed by atoms with Gasteiger partial charge >= 0.3 is 12.1 Å². The summed E-state index contributed by atoms with van der Waals surface area (Å²) in [5, 5.41) is 1.99. The number of esters is 1. The van der Waals surface area contributed by atoms with E-state index in [1.807, 2.05) is 5.32 Å². The lowest BCUT2D eigenvalue weighted by atomic mass is 10.1. The lowest BCUT2D eigenvalue weighted by molar-refractivity contribution is -0.150. The molecule has 0 fully saturated rings. The third-order valence-corrected chi connectivity index (χ3v) is 1.97. The maximum Gasteiger partial charge on any atom is 0.408 e. The molecule has 0 aromatic heterocycles. The average molecular weight is 267 g/mol. The Hall–Kier alpha value is -1.40. The van der Waals surface area contributed by atoms with Crippen LogP contribution in [-0.2, 0) is 14.3 Å². The number of carbonyl (C=O) groups is 2. The van der Waals surface area contributed by atoms with Crippen LogP contribution in [0.5, 0.6) is 0 Å². The molecule has 0 radical (unpaired) electrons. The molecule has 0 unspecified atom stereocenters. The quantitative estimate of drug-likeness (QED) is 0.792. The lowest BCUT2D eigenvalue weighted by Crippen LogP contribution is -2.48. The Morgan fingerprint density at radius 2 is 1.78 bits per heavy atom. The van der Waals surface area contributed by atoms with Crippen LogP contribution in [0, 0.1) is 0 Å². The highest BCUT2D eigenvalue weighted by molar-refractivity contribution is 5.71. The number of hydrogen-bond acceptors (Lipinski definition) is 4. The predicted octanol–water partition coefficient (Wildman–Crippen LogP) is 2.10. The smallest absolute Gasteiger partial charge is 0.408 e. The molecular formula is C11H19F2NO4. The van der Waals surface area contributed by atoms with Crippen LogP contribution in [0.15, 0.2) is 0 Å². The number of methoxy groups -OCH3 is 1. The molecular weight excluding hydrogens is 248 g/mol. The molecule has 7 heteroatoms. The zero-order valence-corrected chi connectivity index (χ0v) is 11.2. The summed E-state index contributed by atoms with van der Waals surface area (Å²) in [6, 6.07) is -1.54. The van der Waals surface area contributed by atoms with Crippen molar-refractivity contribution in [3.05, 3.63) is 0 Å². The van der Waals surface area contributed by atoms with E-state index in [4.69, 9.17) is 4.74 Å². The van der Waals surface area contributed by atoms with Crippen molar-refractivity contribution in [2.24, 2.45) is 0 Å². The maximum absolute atomic E-state index is 13.5. The van der Waals surface area contributed by atoms with Crippen molar-refractivity contribution in [3.8, 4) is 0 Å². The summed E-state index contributed by atoms with van der Waals surface area (Å²) in [7, 11) is 1.02. The molecule has 0 saturated carbocycles. The molecule has 1 atom stereocenters. The van der Waals surface area contributed by atoms with E-state index in [9.17, 15) is 18.4 Å². The number of carbonyl (C=O) groups excluding carboxylic acids is 2. The summed E-state index contributed by atoms with van der Waals surface area (Å²) in [5.41, 5.74) is -0.776. The lowest BCUT2D eigenvalue weighted by Gasteiger charge is -2.26. The van der Waals surface area contributed by atoms with E-state index >= 15 is 0 Å². The first kappa shape index (κ1) is 16.6. The van der Waals surface area contributed by atoms with E-state index in [1.54, 1.807) is 20.8 Å². The van der Waals surface area contributed by atoms with Crippen molar-refractivity contribution >= 4 is 12.1 Å². The average Bonchev–Trinajstić information content (AvgIpc) is 2.13. The number of nitrogens with one attached hydrogen (secondary N) is 1. The zero-order valence-electron chi connectivity index (χ0n) is 11.2. The summed E-state index contributed by atoms with van der Waals surface area (Å²) in [5.74, 6) is -4.44. The molecule has 1 amide bonds. The minimum absolute atomic E-state index is 0.776. The molecule has 5 nitrogen and oxygen atoms in total. The van der Waals surface area contributed by atoms with Crippen LogP contribution in [-0.4, -0.2) is 36.7 Å². The van der Waals surface area contributed by atoms with E-state index in [2.05, 4.69) is 4.74 Å². The third kappa shape index (κ3) is 6.36. The van der Waals surface area contributed by atoms with Gasteiger partial charge in [-0.25, -0.2) is 13.6 Å². The fourth-order valence-corrected chi connectivity index (χ4v) is 1.01. The minimum atomic E-state index is -3.40. The molecule has 0 aromatic carbocycles. The molecule has 1 N–H and O–H groups in total. The van der Waals surface area contributed by atoms with Crippen LogP contribution < -0.4 is 5.32 Å². The highest BCUT2D eigenvalue weighted by Crippen LogP contribution is 2.23. The second-order valence-electron chi connectivity index (χ2n) is 4.88. The summed E-state index contributed by atoms with van der Waals surface area (Å²) in [6.07, 6.45) is -2.06. The Morgan fingerprint density at radius 3 is 2.17 bits per heavy atom. The predicted molar refractivity (Wildman–Crippen MR) is 60.4 cm³/mol. The number of alkyl halides is 2. The topological polar surface area (TPSA) is 64.6 Å². The van der Waals surface area contributed by atoms with Crippen molar-refractivity contribution in [2.45, 2.75) is 51.7 Å². The van der Waals surface area contributed by atoms with Crippen molar-refractivity contribution in [3.63, 3.8) is 0 Å². The first-order valence-corrected chi connectivity index (χ1v) is 5.42. The van der Waals surface area contributed by atoms with Gasteiger partial charge in [0.15, 0.2) is 0 Å². The molecule has 0 aliphatic heterocycles. The number of hydrogen-bond donors (Lipinski definition) is 1. The van der Waals surface area contributed by atoms with E-state index in [0.717, 1.165) is 14.0 Å². The molecule has 0 aliphatic rings.